The molecule has 0 aromatic heterocycles. The highest BCUT2D eigenvalue weighted by Crippen LogP contribution is 2.19. The van der Waals surface area contributed by atoms with Gasteiger partial charge in [0.25, 0.3) is 0 Å². The van der Waals surface area contributed by atoms with Gasteiger partial charge in [-0.25, -0.2) is 13.6 Å². The smallest absolute Gasteiger partial charge is 0.238 e. The molecule has 0 unspecified atom stereocenters. The molecular weight excluding hydrogens is 266 g/mol. The van der Waals surface area contributed by atoms with Crippen molar-refractivity contribution >= 4 is 21.6 Å². The van der Waals surface area contributed by atoms with E-state index >= 15 is 0 Å². The number of carbonyl (C=O) groups is 1. The second-order valence-electron chi connectivity index (χ2n) is 4.80. The molecule has 2 rings (SSSR count). The van der Waals surface area contributed by atoms with Gasteiger partial charge in [0.15, 0.2) is 0 Å². The maximum Gasteiger partial charge on any atom is 0.238 e. The Morgan fingerprint density at radius 2 is 1.95 bits per heavy atom. The first-order valence-corrected chi connectivity index (χ1v) is 7.57. The van der Waals surface area contributed by atoms with E-state index in [0.29, 0.717) is 18.2 Å². The first kappa shape index (κ1) is 14.0. The van der Waals surface area contributed by atoms with Crippen LogP contribution >= 0.6 is 0 Å². The third-order valence-electron chi connectivity index (χ3n) is 3.30. The molecule has 0 aliphatic carbocycles. The molecule has 104 valence electrons. The minimum absolute atomic E-state index is 0.0291. The summed E-state index contributed by atoms with van der Waals surface area (Å²) in [5, 5.41) is 10.9. The summed E-state index contributed by atoms with van der Waals surface area (Å²) in [5.74, 6) is 0.183. The average molecular weight is 283 g/mol. The van der Waals surface area contributed by atoms with Crippen molar-refractivity contribution in [3.05, 3.63) is 24.3 Å². The van der Waals surface area contributed by atoms with Crippen molar-refractivity contribution in [2.75, 3.05) is 18.4 Å². The van der Waals surface area contributed by atoms with Gasteiger partial charge >= 0.3 is 0 Å². The number of hydrogen-bond donors (Lipinski definition) is 3. The Balaban J connectivity index is 2.06. The molecule has 1 aromatic rings. The first-order valence-electron chi connectivity index (χ1n) is 6.02. The number of hydrogen-bond acceptors (Lipinski definition) is 4. The van der Waals surface area contributed by atoms with E-state index in [2.05, 4.69) is 10.6 Å². The lowest BCUT2D eigenvalue weighted by Crippen LogP contribution is -2.27. The minimum atomic E-state index is -3.70. The van der Waals surface area contributed by atoms with Crippen LogP contribution in [0.4, 0.5) is 5.69 Å². The summed E-state index contributed by atoms with van der Waals surface area (Å²) in [6.45, 7) is 3.53. The largest absolute Gasteiger partial charge is 0.326 e. The van der Waals surface area contributed by atoms with E-state index in [4.69, 9.17) is 5.14 Å². The molecular formula is C12H17N3O3S. The summed E-state index contributed by atoms with van der Waals surface area (Å²) in [7, 11) is -3.70. The van der Waals surface area contributed by atoms with Gasteiger partial charge in [-0.05, 0) is 36.7 Å². The number of sulfonamides is 1. The first-order chi connectivity index (χ1) is 8.88. The SMILES string of the molecule is C[C@@H]1CNC[C@H]1C(=O)Nc1ccc(S(N)(=O)=O)cc1. The van der Waals surface area contributed by atoms with E-state index in [1.165, 1.54) is 24.3 Å². The summed E-state index contributed by atoms with van der Waals surface area (Å²) in [5.41, 5.74) is 0.566. The van der Waals surface area contributed by atoms with Crippen LogP contribution in [-0.4, -0.2) is 27.4 Å². The number of anilines is 1. The van der Waals surface area contributed by atoms with Gasteiger partial charge in [-0.2, -0.15) is 0 Å². The van der Waals surface area contributed by atoms with Crippen molar-refractivity contribution < 1.29 is 13.2 Å². The zero-order valence-corrected chi connectivity index (χ0v) is 11.4. The van der Waals surface area contributed by atoms with Crippen molar-refractivity contribution in [3.8, 4) is 0 Å². The third-order valence-corrected chi connectivity index (χ3v) is 4.23. The molecule has 0 spiro atoms. The summed E-state index contributed by atoms with van der Waals surface area (Å²) in [6.07, 6.45) is 0. The zero-order valence-electron chi connectivity index (χ0n) is 10.6. The van der Waals surface area contributed by atoms with E-state index in [1.807, 2.05) is 6.92 Å². The van der Waals surface area contributed by atoms with Crippen LogP contribution in [0, 0.1) is 11.8 Å². The van der Waals surface area contributed by atoms with Crippen LogP contribution in [0.15, 0.2) is 29.2 Å². The third kappa shape index (κ3) is 3.31. The van der Waals surface area contributed by atoms with Crippen molar-refractivity contribution in [2.24, 2.45) is 17.0 Å². The van der Waals surface area contributed by atoms with Crippen LogP contribution in [0.1, 0.15) is 6.92 Å². The molecule has 1 aliphatic heterocycles. The molecule has 7 heteroatoms. The Morgan fingerprint density at radius 3 is 2.42 bits per heavy atom. The Labute approximate surface area is 112 Å². The summed E-state index contributed by atoms with van der Waals surface area (Å²) >= 11 is 0. The van der Waals surface area contributed by atoms with Gasteiger partial charge in [0.2, 0.25) is 15.9 Å². The van der Waals surface area contributed by atoms with E-state index in [9.17, 15) is 13.2 Å². The molecule has 0 radical (unpaired) electrons. The molecule has 1 amide bonds. The maximum atomic E-state index is 12.0. The monoisotopic (exact) mass is 283 g/mol. The van der Waals surface area contributed by atoms with Gasteiger partial charge in [0, 0.05) is 12.2 Å². The Hall–Kier alpha value is -1.44. The van der Waals surface area contributed by atoms with Crippen LogP contribution in [0.2, 0.25) is 0 Å². The number of amides is 1. The fourth-order valence-electron chi connectivity index (χ4n) is 2.12. The Morgan fingerprint density at radius 1 is 1.32 bits per heavy atom. The highest BCUT2D eigenvalue weighted by Gasteiger charge is 2.29. The molecule has 0 saturated carbocycles. The van der Waals surface area contributed by atoms with Crippen LogP contribution in [0.25, 0.3) is 0 Å². The van der Waals surface area contributed by atoms with Gasteiger partial charge in [-0.3, -0.25) is 4.79 Å². The predicted octanol–water partition coefficient (Wildman–Crippen LogP) is 0.128. The second-order valence-corrected chi connectivity index (χ2v) is 6.36. The lowest BCUT2D eigenvalue weighted by atomic mass is 9.97. The van der Waals surface area contributed by atoms with Crippen molar-refractivity contribution in [2.45, 2.75) is 11.8 Å². The molecule has 0 bridgehead atoms. The average Bonchev–Trinajstić information content (AvgIpc) is 2.75. The van der Waals surface area contributed by atoms with Crippen molar-refractivity contribution in [1.82, 2.24) is 5.32 Å². The molecule has 1 saturated heterocycles. The van der Waals surface area contributed by atoms with Gasteiger partial charge in [0.05, 0.1) is 10.8 Å². The van der Waals surface area contributed by atoms with Gasteiger partial charge in [-0.15, -0.1) is 0 Å². The number of benzene rings is 1. The highest BCUT2D eigenvalue weighted by molar-refractivity contribution is 7.89. The lowest BCUT2D eigenvalue weighted by Gasteiger charge is -2.14. The van der Waals surface area contributed by atoms with Crippen molar-refractivity contribution in [1.29, 1.82) is 0 Å². The van der Waals surface area contributed by atoms with Crippen LogP contribution in [-0.2, 0) is 14.8 Å². The van der Waals surface area contributed by atoms with Crippen LogP contribution in [0.3, 0.4) is 0 Å². The minimum Gasteiger partial charge on any atom is -0.326 e. The normalized spacial score (nSPS) is 23.3. The number of nitrogens with two attached hydrogens (primary N) is 1. The summed E-state index contributed by atoms with van der Waals surface area (Å²) in [4.78, 5) is 12.0. The molecule has 19 heavy (non-hydrogen) atoms. The van der Waals surface area contributed by atoms with Gasteiger partial charge in [-0.1, -0.05) is 6.92 Å². The summed E-state index contributed by atoms with van der Waals surface area (Å²) < 4.78 is 22.2. The predicted molar refractivity (Wildman–Crippen MR) is 72.0 cm³/mol. The highest BCUT2D eigenvalue weighted by atomic mass is 32.2. The Kier molecular flexibility index (Phi) is 3.88. The van der Waals surface area contributed by atoms with E-state index in [0.717, 1.165) is 6.54 Å². The molecule has 1 aliphatic rings. The number of nitrogens with one attached hydrogen (secondary N) is 2. The second kappa shape index (κ2) is 5.28. The number of carbonyl (C=O) groups excluding carboxylic acids is 1. The van der Waals surface area contributed by atoms with Crippen molar-refractivity contribution in [3.63, 3.8) is 0 Å². The summed E-state index contributed by atoms with van der Waals surface area (Å²) in [6, 6.07) is 5.82. The van der Waals surface area contributed by atoms with E-state index in [1.54, 1.807) is 0 Å². The number of rotatable bonds is 3. The van der Waals surface area contributed by atoms with E-state index < -0.39 is 10.0 Å². The lowest BCUT2D eigenvalue weighted by molar-refractivity contribution is -0.120. The van der Waals surface area contributed by atoms with E-state index in [-0.39, 0.29) is 16.7 Å². The van der Waals surface area contributed by atoms with Crippen LogP contribution < -0.4 is 15.8 Å². The molecule has 6 nitrogen and oxygen atoms in total. The number of primary sulfonamides is 1. The Bertz CT molecular complexity index is 568. The topological polar surface area (TPSA) is 101 Å². The molecule has 4 N–H and O–H groups in total. The molecule has 1 fully saturated rings. The molecule has 1 aromatic carbocycles. The fraction of sp³-hybridized carbons (Fsp3) is 0.417. The van der Waals surface area contributed by atoms with Gasteiger partial charge in [0.1, 0.15) is 0 Å². The zero-order chi connectivity index (χ0) is 14.0. The standard InChI is InChI=1S/C12H17N3O3S/c1-8-6-14-7-11(8)12(16)15-9-2-4-10(5-3-9)19(13,17)18/h2-5,8,11,14H,6-7H2,1H3,(H,15,16)(H2,13,17,18)/t8-,11-/m1/s1. The maximum absolute atomic E-state index is 12.0. The van der Waals surface area contributed by atoms with Gasteiger partial charge < -0.3 is 10.6 Å². The molecule has 2 atom stereocenters. The fourth-order valence-corrected chi connectivity index (χ4v) is 2.64. The quantitative estimate of drug-likeness (QED) is 0.733. The molecule has 1 heterocycles. The van der Waals surface area contributed by atoms with Crippen LogP contribution in [0.5, 0.6) is 0 Å².